The van der Waals surface area contributed by atoms with Crippen LogP contribution in [0.4, 0.5) is 4.79 Å². The van der Waals surface area contributed by atoms with Gasteiger partial charge >= 0.3 is 12.1 Å². The van der Waals surface area contributed by atoms with Crippen molar-refractivity contribution in [3.05, 3.63) is 95.6 Å². The number of hydrogen-bond donors (Lipinski definition) is 3. The maximum Gasteiger partial charge on any atom is 0.407 e. The Morgan fingerprint density at radius 1 is 0.905 bits per heavy atom. The molecule has 8 heteroatoms. The van der Waals surface area contributed by atoms with Gasteiger partial charge in [-0.2, -0.15) is 0 Å². The zero-order valence-electron chi connectivity index (χ0n) is 23.7. The van der Waals surface area contributed by atoms with E-state index in [1.807, 2.05) is 66.7 Å². The molecule has 2 atom stereocenters. The first kappa shape index (κ1) is 28.0. The van der Waals surface area contributed by atoms with Crippen LogP contribution in [0.3, 0.4) is 0 Å². The third-order valence-electron chi connectivity index (χ3n) is 9.26. The lowest BCUT2D eigenvalue weighted by Gasteiger charge is -2.59. The van der Waals surface area contributed by atoms with Crippen molar-refractivity contribution in [2.24, 2.45) is 5.41 Å². The second kappa shape index (κ2) is 11.2. The lowest BCUT2D eigenvalue weighted by atomic mass is 9.48. The molecule has 6 rings (SSSR count). The molecule has 1 spiro atoms. The van der Waals surface area contributed by atoms with E-state index in [1.54, 1.807) is 6.92 Å². The van der Waals surface area contributed by atoms with E-state index in [2.05, 4.69) is 22.8 Å². The van der Waals surface area contributed by atoms with Crippen LogP contribution in [-0.4, -0.2) is 47.4 Å². The van der Waals surface area contributed by atoms with Crippen LogP contribution >= 0.6 is 0 Å². The highest BCUT2D eigenvalue weighted by Crippen LogP contribution is 2.60. The Kier molecular flexibility index (Phi) is 7.49. The summed E-state index contributed by atoms with van der Waals surface area (Å²) >= 11 is 0. The fourth-order valence-corrected chi connectivity index (χ4v) is 6.93. The number of benzene rings is 3. The van der Waals surface area contributed by atoms with Gasteiger partial charge in [-0.3, -0.25) is 4.79 Å². The summed E-state index contributed by atoms with van der Waals surface area (Å²) in [6.07, 6.45) is 2.33. The molecule has 218 valence electrons. The zero-order valence-corrected chi connectivity index (χ0v) is 23.7. The van der Waals surface area contributed by atoms with Gasteiger partial charge in [-0.25, -0.2) is 9.59 Å². The van der Waals surface area contributed by atoms with E-state index < -0.39 is 35.7 Å². The molecule has 0 radical (unpaired) electrons. The largest absolute Gasteiger partial charge is 0.480 e. The lowest BCUT2D eigenvalue weighted by Crippen LogP contribution is -2.70. The van der Waals surface area contributed by atoms with Gasteiger partial charge in [0.2, 0.25) is 5.91 Å². The molecule has 3 aromatic carbocycles. The SMILES string of the molecule is CC(OCc1ccccc1)C(NC(=O)OCC1c2ccccc2-c2ccccc21)C(=O)NC1(C(=O)O)CC2(CCC2)C1. The van der Waals surface area contributed by atoms with Crippen LogP contribution in [0.2, 0.25) is 0 Å². The van der Waals surface area contributed by atoms with E-state index in [4.69, 9.17) is 9.47 Å². The lowest BCUT2D eigenvalue weighted by molar-refractivity contribution is -0.166. The van der Waals surface area contributed by atoms with Crippen LogP contribution in [0.5, 0.6) is 0 Å². The summed E-state index contributed by atoms with van der Waals surface area (Å²) in [5, 5.41) is 15.5. The topological polar surface area (TPSA) is 114 Å². The number of alkyl carbamates (subject to hydrolysis) is 1. The van der Waals surface area contributed by atoms with Crippen molar-refractivity contribution in [2.45, 2.75) is 69.2 Å². The number of carboxylic acids is 1. The van der Waals surface area contributed by atoms with Crippen molar-refractivity contribution in [1.82, 2.24) is 10.6 Å². The van der Waals surface area contributed by atoms with Crippen LogP contribution in [0.25, 0.3) is 11.1 Å². The molecular weight excluding hydrogens is 532 g/mol. The van der Waals surface area contributed by atoms with Gasteiger partial charge < -0.3 is 25.2 Å². The molecule has 0 aliphatic heterocycles. The van der Waals surface area contributed by atoms with Crippen LogP contribution in [0.15, 0.2) is 78.9 Å². The van der Waals surface area contributed by atoms with Crippen molar-refractivity contribution < 1.29 is 29.0 Å². The average molecular weight is 569 g/mol. The fourth-order valence-electron chi connectivity index (χ4n) is 6.93. The van der Waals surface area contributed by atoms with Crippen LogP contribution in [0, 0.1) is 5.41 Å². The monoisotopic (exact) mass is 568 g/mol. The zero-order chi connectivity index (χ0) is 29.3. The highest BCUT2D eigenvalue weighted by atomic mass is 16.5. The van der Waals surface area contributed by atoms with E-state index in [-0.39, 0.29) is 24.5 Å². The smallest absolute Gasteiger partial charge is 0.407 e. The summed E-state index contributed by atoms with van der Waals surface area (Å²) in [5.41, 5.74) is 3.99. The van der Waals surface area contributed by atoms with Crippen molar-refractivity contribution in [3.63, 3.8) is 0 Å². The van der Waals surface area contributed by atoms with Crippen LogP contribution in [0.1, 0.15) is 61.6 Å². The molecule has 2 saturated carbocycles. The van der Waals surface area contributed by atoms with E-state index in [0.717, 1.165) is 47.1 Å². The molecule has 3 aliphatic rings. The summed E-state index contributed by atoms with van der Waals surface area (Å²) in [6.45, 7) is 2.01. The molecule has 0 saturated heterocycles. The van der Waals surface area contributed by atoms with Gasteiger partial charge in [0.15, 0.2) is 0 Å². The van der Waals surface area contributed by atoms with E-state index >= 15 is 0 Å². The Balaban J connectivity index is 1.15. The summed E-state index contributed by atoms with van der Waals surface area (Å²) < 4.78 is 11.7. The van der Waals surface area contributed by atoms with E-state index in [1.165, 1.54) is 0 Å². The number of fused-ring (bicyclic) bond motifs is 3. The summed E-state index contributed by atoms with van der Waals surface area (Å²) in [7, 11) is 0. The maximum atomic E-state index is 13.6. The standard InChI is InChI=1S/C34H36N2O6/c1-22(41-18-23-10-3-2-4-11-23)29(30(37)36-34(31(38)39)20-33(21-34)16-9-17-33)35-32(40)42-19-28-26-14-7-5-12-24(26)25-13-6-8-15-27(25)28/h2-8,10-15,22,28-29H,9,16-21H2,1H3,(H,35,40)(H,36,37)(H,38,39). The molecule has 42 heavy (non-hydrogen) atoms. The Morgan fingerprint density at radius 2 is 1.50 bits per heavy atom. The second-order valence-electron chi connectivity index (χ2n) is 12.0. The Bertz CT molecular complexity index is 1430. The van der Waals surface area contributed by atoms with Gasteiger partial charge in [0.05, 0.1) is 12.7 Å². The van der Waals surface area contributed by atoms with Gasteiger partial charge in [0.25, 0.3) is 0 Å². The minimum absolute atomic E-state index is 0.0107. The van der Waals surface area contributed by atoms with Gasteiger partial charge in [-0.1, -0.05) is 85.3 Å². The first-order chi connectivity index (χ1) is 20.3. The average Bonchev–Trinajstić information content (AvgIpc) is 3.28. The van der Waals surface area contributed by atoms with Crippen molar-refractivity contribution in [2.75, 3.05) is 6.61 Å². The van der Waals surface area contributed by atoms with E-state index in [9.17, 15) is 19.5 Å². The summed E-state index contributed by atoms with van der Waals surface area (Å²) in [5.74, 6) is -1.78. The number of hydrogen-bond acceptors (Lipinski definition) is 5. The molecule has 0 aromatic heterocycles. The van der Waals surface area contributed by atoms with Crippen molar-refractivity contribution in [3.8, 4) is 11.1 Å². The Labute approximate surface area is 245 Å². The van der Waals surface area contributed by atoms with Crippen LogP contribution in [-0.2, 0) is 25.7 Å². The maximum absolute atomic E-state index is 13.6. The molecule has 3 aromatic rings. The first-order valence-corrected chi connectivity index (χ1v) is 14.6. The molecular formula is C34H36N2O6. The number of carboxylic acid groups (broad SMARTS) is 1. The molecule has 0 heterocycles. The number of ether oxygens (including phenoxy) is 2. The first-order valence-electron chi connectivity index (χ1n) is 14.6. The number of rotatable bonds is 10. The normalized spacial score (nSPS) is 18.9. The van der Waals surface area contributed by atoms with Crippen LogP contribution < -0.4 is 10.6 Å². The second-order valence-corrected chi connectivity index (χ2v) is 12.0. The minimum Gasteiger partial charge on any atom is -0.480 e. The third kappa shape index (κ3) is 5.27. The molecule has 8 nitrogen and oxygen atoms in total. The third-order valence-corrected chi connectivity index (χ3v) is 9.26. The molecule has 0 bridgehead atoms. The number of nitrogens with one attached hydrogen (secondary N) is 2. The predicted octanol–water partition coefficient (Wildman–Crippen LogP) is 5.40. The quantitative estimate of drug-likeness (QED) is 0.302. The molecule has 2 amide bonds. The Morgan fingerprint density at radius 3 is 2.07 bits per heavy atom. The molecule has 2 unspecified atom stereocenters. The fraction of sp³-hybridized carbons (Fsp3) is 0.382. The van der Waals surface area contributed by atoms with Crippen molar-refractivity contribution in [1.29, 1.82) is 0 Å². The molecule has 2 fully saturated rings. The van der Waals surface area contributed by atoms with Gasteiger partial charge in [-0.15, -0.1) is 0 Å². The van der Waals surface area contributed by atoms with E-state index in [0.29, 0.717) is 12.8 Å². The highest BCUT2D eigenvalue weighted by molar-refractivity contribution is 5.92. The summed E-state index contributed by atoms with van der Waals surface area (Å²) in [4.78, 5) is 39.1. The predicted molar refractivity (Wildman–Crippen MR) is 157 cm³/mol. The summed E-state index contributed by atoms with van der Waals surface area (Å²) in [6, 6.07) is 24.5. The van der Waals surface area contributed by atoms with Gasteiger partial charge in [0.1, 0.15) is 18.2 Å². The number of carbonyl (C=O) groups is 3. The highest BCUT2D eigenvalue weighted by Gasteiger charge is 2.62. The number of carbonyl (C=O) groups excluding carboxylic acids is 2. The number of aliphatic carboxylic acids is 1. The minimum atomic E-state index is -1.34. The number of amides is 2. The van der Waals surface area contributed by atoms with Gasteiger partial charge in [-0.05, 0) is 65.8 Å². The van der Waals surface area contributed by atoms with Crippen molar-refractivity contribution >= 4 is 18.0 Å². The molecule has 3 N–H and O–H groups in total. The van der Waals surface area contributed by atoms with Gasteiger partial charge in [0, 0.05) is 5.92 Å². The Hall–Kier alpha value is -4.17. The molecule has 3 aliphatic carbocycles.